The zero-order valence-electron chi connectivity index (χ0n) is 11.5. The molecule has 0 bridgehead atoms. The van der Waals surface area contributed by atoms with Crippen LogP contribution in [0.3, 0.4) is 0 Å². The van der Waals surface area contributed by atoms with Crippen molar-refractivity contribution in [1.82, 2.24) is 24.7 Å². The highest BCUT2D eigenvalue weighted by Crippen LogP contribution is 2.40. The molecule has 0 radical (unpaired) electrons. The van der Waals surface area contributed by atoms with Gasteiger partial charge >= 0.3 is 0 Å². The van der Waals surface area contributed by atoms with E-state index in [-0.39, 0.29) is 12.0 Å². The third-order valence-corrected chi connectivity index (χ3v) is 3.97. The van der Waals surface area contributed by atoms with Crippen LogP contribution >= 0.6 is 0 Å². The molecule has 3 rings (SSSR count). The van der Waals surface area contributed by atoms with Gasteiger partial charge in [-0.15, -0.1) is 0 Å². The van der Waals surface area contributed by atoms with Gasteiger partial charge in [0.1, 0.15) is 12.0 Å². The number of aliphatic hydroxyl groups excluding tert-OH is 1. The summed E-state index contributed by atoms with van der Waals surface area (Å²) >= 11 is 0. The highest BCUT2D eigenvalue weighted by molar-refractivity contribution is 5.50. The molecular formula is C13H18N6O. The van der Waals surface area contributed by atoms with E-state index in [1.807, 2.05) is 7.05 Å². The Kier molecular flexibility index (Phi) is 3.35. The minimum absolute atomic E-state index is 0.00411. The van der Waals surface area contributed by atoms with Crippen molar-refractivity contribution in [2.45, 2.75) is 19.3 Å². The number of hydrogen-bond donors (Lipinski definition) is 2. The average Bonchev–Trinajstić information content (AvgIpc) is 2.85. The van der Waals surface area contributed by atoms with E-state index in [1.54, 1.807) is 16.9 Å². The molecule has 2 N–H and O–H groups in total. The van der Waals surface area contributed by atoms with Crippen LogP contribution in [0.25, 0.3) is 11.5 Å². The molecule has 0 aliphatic heterocycles. The first-order valence-electron chi connectivity index (χ1n) is 6.75. The molecule has 1 saturated carbocycles. The molecule has 0 unspecified atom stereocenters. The summed E-state index contributed by atoms with van der Waals surface area (Å²) in [5.41, 5.74) is 0.735. The van der Waals surface area contributed by atoms with Gasteiger partial charge in [-0.05, 0) is 18.9 Å². The monoisotopic (exact) mass is 274 g/mol. The SMILES string of the molecule is Cn1ncnc1-c1ccnc(NCC2(CO)CCC2)n1. The number of aryl methyl sites for hydroxylation is 1. The Balaban J connectivity index is 1.73. The van der Waals surface area contributed by atoms with Crippen LogP contribution in [0.4, 0.5) is 5.95 Å². The predicted octanol–water partition coefficient (Wildman–Crippen LogP) is 0.847. The maximum absolute atomic E-state index is 9.45. The van der Waals surface area contributed by atoms with E-state index < -0.39 is 0 Å². The Hall–Kier alpha value is -2.02. The third-order valence-electron chi connectivity index (χ3n) is 3.97. The third kappa shape index (κ3) is 2.36. The van der Waals surface area contributed by atoms with E-state index in [9.17, 15) is 5.11 Å². The van der Waals surface area contributed by atoms with Gasteiger partial charge in [-0.2, -0.15) is 5.10 Å². The Morgan fingerprint density at radius 1 is 1.40 bits per heavy atom. The van der Waals surface area contributed by atoms with Gasteiger partial charge in [0.25, 0.3) is 0 Å². The number of hydrogen-bond acceptors (Lipinski definition) is 6. The molecule has 7 heteroatoms. The summed E-state index contributed by atoms with van der Waals surface area (Å²) in [4.78, 5) is 12.8. The van der Waals surface area contributed by atoms with Gasteiger partial charge < -0.3 is 10.4 Å². The molecule has 0 aromatic carbocycles. The summed E-state index contributed by atoms with van der Waals surface area (Å²) in [6.45, 7) is 0.911. The normalized spacial score (nSPS) is 16.7. The Bertz CT molecular complexity index is 587. The summed E-state index contributed by atoms with van der Waals surface area (Å²) < 4.78 is 1.67. The van der Waals surface area contributed by atoms with Crippen LogP contribution in [0.5, 0.6) is 0 Å². The van der Waals surface area contributed by atoms with Gasteiger partial charge in [0.2, 0.25) is 5.95 Å². The maximum Gasteiger partial charge on any atom is 0.223 e. The van der Waals surface area contributed by atoms with Crippen LogP contribution in [-0.4, -0.2) is 43.0 Å². The lowest BCUT2D eigenvalue weighted by Crippen LogP contribution is -2.40. The van der Waals surface area contributed by atoms with E-state index in [4.69, 9.17) is 0 Å². The topological polar surface area (TPSA) is 88.8 Å². The molecule has 2 aromatic rings. The Labute approximate surface area is 117 Å². The van der Waals surface area contributed by atoms with Crippen molar-refractivity contribution in [3.05, 3.63) is 18.6 Å². The van der Waals surface area contributed by atoms with Gasteiger partial charge in [-0.1, -0.05) is 6.42 Å². The van der Waals surface area contributed by atoms with E-state index in [2.05, 4.69) is 25.4 Å². The number of anilines is 1. The number of nitrogens with one attached hydrogen (secondary N) is 1. The minimum atomic E-state index is 0.00411. The first kappa shape index (κ1) is 13.0. The maximum atomic E-state index is 9.45. The lowest BCUT2D eigenvalue weighted by atomic mass is 9.69. The van der Waals surface area contributed by atoms with Crippen molar-refractivity contribution in [2.75, 3.05) is 18.5 Å². The quantitative estimate of drug-likeness (QED) is 0.840. The second kappa shape index (κ2) is 5.16. The molecular weight excluding hydrogens is 256 g/mol. The molecule has 0 spiro atoms. The molecule has 1 aliphatic carbocycles. The second-order valence-electron chi connectivity index (χ2n) is 5.34. The summed E-state index contributed by atoms with van der Waals surface area (Å²) in [7, 11) is 1.83. The molecule has 0 atom stereocenters. The smallest absolute Gasteiger partial charge is 0.223 e. The molecule has 1 fully saturated rings. The molecule has 2 aromatic heterocycles. The number of rotatable bonds is 5. The second-order valence-corrected chi connectivity index (χ2v) is 5.34. The summed E-state index contributed by atoms with van der Waals surface area (Å²) in [5, 5.41) is 16.7. The van der Waals surface area contributed by atoms with Crippen LogP contribution in [0.2, 0.25) is 0 Å². The first-order valence-corrected chi connectivity index (χ1v) is 6.75. The average molecular weight is 274 g/mol. The zero-order chi connectivity index (χ0) is 14.0. The van der Waals surface area contributed by atoms with Crippen molar-refractivity contribution >= 4 is 5.95 Å². The van der Waals surface area contributed by atoms with Gasteiger partial charge in [-0.3, -0.25) is 0 Å². The van der Waals surface area contributed by atoms with Gasteiger partial charge in [-0.25, -0.2) is 19.6 Å². The van der Waals surface area contributed by atoms with Crippen LogP contribution < -0.4 is 5.32 Å². The highest BCUT2D eigenvalue weighted by atomic mass is 16.3. The standard InChI is InChI=1S/C13H18N6O/c1-19-11(16-9-17-19)10-3-6-14-12(18-10)15-7-13(8-20)4-2-5-13/h3,6,9,20H,2,4-5,7-8H2,1H3,(H,14,15,18). The zero-order valence-corrected chi connectivity index (χ0v) is 11.5. The van der Waals surface area contributed by atoms with Crippen molar-refractivity contribution in [3.63, 3.8) is 0 Å². The van der Waals surface area contributed by atoms with E-state index >= 15 is 0 Å². The van der Waals surface area contributed by atoms with E-state index in [0.29, 0.717) is 18.3 Å². The summed E-state index contributed by atoms with van der Waals surface area (Å²) in [5.74, 6) is 1.26. The fourth-order valence-electron chi connectivity index (χ4n) is 2.43. The molecule has 0 amide bonds. The van der Waals surface area contributed by atoms with Crippen LogP contribution in [-0.2, 0) is 7.05 Å². The number of aromatic nitrogens is 5. The van der Waals surface area contributed by atoms with E-state index in [1.165, 1.54) is 12.7 Å². The number of nitrogens with zero attached hydrogens (tertiary/aromatic N) is 5. The lowest BCUT2D eigenvalue weighted by Gasteiger charge is -2.40. The molecule has 0 saturated heterocycles. The minimum Gasteiger partial charge on any atom is -0.396 e. The summed E-state index contributed by atoms with van der Waals surface area (Å²) in [6.07, 6.45) is 6.49. The number of aliphatic hydroxyl groups is 1. The molecule has 20 heavy (non-hydrogen) atoms. The molecule has 1 aliphatic rings. The molecule has 106 valence electrons. The van der Waals surface area contributed by atoms with Crippen LogP contribution in [0.1, 0.15) is 19.3 Å². The van der Waals surface area contributed by atoms with Crippen molar-refractivity contribution in [3.8, 4) is 11.5 Å². The van der Waals surface area contributed by atoms with Crippen molar-refractivity contribution in [1.29, 1.82) is 0 Å². The fourth-order valence-corrected chi connectivity index (χ4v) is 2.43. The predicted molar refractivity (Wildman–Crippen MR) is 73.9 cm³/mol. The van der Waals surface area contributed by atoms with Crippen LogP contribution in [0.15, 0.2) is 18.6 Å². The molecule has 7 nitrogen and oxygen atoms in total. The van der Waals surface area contributed by atoms with Gasteiger partial charge in [0, 0.05) is 25.2 Å². The van der Waals surface area contributed by atoms with E-state index in [0.717, 1.165) is 18.5 Å². The van der Waals surface area contributed by atoms with Gasteiger partial charge in [0.05, 0.1) is 6.61 Å². The summed E-state index contributed by atoms with van der Waals surface area (Å²) in [6, 6.07) is 1.81. The first-order chi connectivity index (χ1) is 9.72. The lowest BCUT2D eigenvalue weighted by molar-refractivity contribution is 0.0575. The van der Waals surface area contributed by atoms with Crippen LogP contribution in [0, 0.1) is 5.41 Å². The molecule has 2 heterocycles. The van der Waals surface area contributed by atoms with Gasteiger partial charge in [0.15, 0.2) is 5.82 Å². The van der Waals surface area contributed by atoms with Crippen molar-refractivity contribution < 1.29 is 5.11 Å². The largest absolute Gasteiger partial charge is 0.396 e. The Morgan fingerprint density at radius 2 is 2.25 bits per heavy atom. The fraction of sp³-hybridized carbons (Fsp3) is 0.538. The van der Waals surface area contributed by atoms with Crippen molar-refractivity contribution in [2.24, 2.45) is 12.5 Å². The highest BCUT2D eigenvalue weighted by Gasteiger charge is 2.36. The Morgan fingerprint density at radius 3 is 2.85 bits per heavy atom.